The summed E-state index contributed by atoms with van der Waals surface area (Å²) in [7, 11) is 4.10. The number of nitrogens with one attached hydrogen (secondary N) is 4. The van der Waals surface area contributed by atoms with Gasteiger partial charge in [0.25, 0.3) is 0 Å². The average molecular weight is 849 g/mol. The number of methoxy groups -OCH3 is 3. The third-order valence-corrected chi connectivity index (χ3v) is 12.8. The molecule has 5 aromatic rings. The first-order valence-electron chi connectivity index (χ1n) is 21.5. The second-order valence-electron chi connectivity index (χ2n) is 17.2. The lowest BCUT2D eigenvalue weighted by molar-refractivity contribution is -0.140. The molecule has 16 nitrogen and oxygen atoms in total. The number of ether oxygens (including phenoxy) is 4. The molecule has 3 aliphatic rings. The SMILES string of the molecule is CC[C@@H](OC)[C@H](NC(=O)OC)C(=O)N1[C@@H](C)CC[C@H]1c1nc2ccc3cc4c(cc3c2[nH]1)OCc1cc(-c2cnc([C@@H]3C[C@H](C)CN3C(=O)[C@@H](NC(=O)OC)C(C)C)[nH]2)ccc1-4. The fraction of sp³-hybridized carbons (Fsp3) is 0.478. The first-order chi connectivity index (χ1) is 29.8. The first kappa shape index (κ1) is 42.5. The van der Waals surface area contributed by atoms with Gasteiger partial charge in [0.1, 0.15) is 36.1 Å². The minimum atomic E-state index is -0.920. The number of nitrogens with zero attached hydrogens (tertiary/aromatic N) is 4. The maximum atomic E-state index is 14.2. The van der Waals surface area contributed by atoms with Crippen LogP contribution in [0.25, 0.3) is 44.2 Å². The fourth-order valence-electron chi connectivity index (χ4n) is 9.54. The highest BCUT2D eigenvalue weighted by atomic mass is 16.5. The summed E-state index contributed by atoms with van der Waals surface area (Å²) in [4.78, 5) is 72.9. The largest absolute Gasteiger partial charge is 0.488 e. The number of aromatic amines is 2. The molecule has 5 heterocycles. The van der Waals surface area contributed by atoms with E-state index in [4.69, 9.17) is 28.9 Å². The number of imidazole rings is 2. The highest BCUT2D eigenvalue weighted by Gasteiger charge is 2.43. The Morgan fingerprint density at radius 1 is 0.887 bits per heavy atom. The molecule has 7 atom stereocenters. The van der Waals surface area contributed by atoms with Crippen molar-refractivity contribution in [2.24, 2.45) is 11.8 Å². The second-order valence-corrected chi connectivity index (χ2v) is 17.2. The number of amides is 4. The number of hydrogen-bond acceptors (Lipinski definition) is 10. The predicted molar refractivity (Wildman–Crippen MR) is 232 cm³/mol. The highest BCUT2D eigenvalue weighted by molar-refractivity contribution is 6.07. The van der Waals surface area contributed by atoms with Gasteiger partial charge in [-0.05, 0) is 90.8 Å². The van der Waals surface area contributed by atoms with Gasteiger partial charge in [0, 0.05) is 30.6 Å². The van der Waals surface area contributed by atoms with E-state index in [0.29, 0.717) is 37.6 Å². The first-order valence-corrected chi connectivity index (χ1v) is 21.5. The molecule has 0 saturated carbocycles. The molecular weight excluding hydrogens is 793 g/mol. The van der Waals surface area contributed by atoms with Crippen LogP contribution >= 0.6 is 0 Å². The van der Waals surface area contributed by atoms with Gasteiger partial charge in [-0.1, -0.05) is 45.9 Å². The van der Waals surface area contributed by atoms with Gasteiger partial charge in [-0.25, -0.2) is 19.6 Å². The lowest BCUT2D eigenvalue weighted by atomic mass is 9.92. The van der Waals surface area contributed by atoms with Gasteiger partial charge in [0.2, 0.25) is 11.8 Å². The summed E-state index contributed by atoms with van der Waals surface area (Å²) >= 11 is 0. The Morgan fingerprint density at radius 3 is 2.35 bits per heavy atom. The maximum absolute atomic E-state index is 14.2. The highest BCUT2D eigenvalue weighted by Crippen LogP contribution is 2.44. The molecule has 3 aliphatic heterocycles. The van der Waals surface area contributed by atoms with Gasteiger partial charge < -0.3 is 49.3 Å². The number of benzene rings is 3. The molecule has 0 bridgehead atoms. The van der Waals surface area contributed by atoms with E-state index >= 15 is 0 Å². The van der Waals surface area contributed by atoms with Crippen molar-refractivity contribution in [3.63, 3.8) is 0 Å². The lowest BCUT2D eigenvalue weighted by Gasteiger charge is -2.34. The number of aromatic nitrogens is 4. The van der Waals surface area contributed by atoms with Gasteiger partial charge in [0.05, 0.1) is 55.3 Å². The third-order valence-electron chi connectivity index (χ3n) is 12.8. The minimum Gasteiger partial charge on any atom is -0.488 e. The van der Waals surface area contributed by atoms with Crippen LogP contribution in [0, 0.1) is 11.8 Å². The molecule has 8 rings (SSSR count). The predicted octanol–water partition coefficient (Wildman–Crippen LogP) is 7.16. The number of H-pyrrole nitrogens is 2. The summed E-state index contributed by atoms with van der Waals surface area (Å²) in [5, 5.41) is 7.40. The number of carbonyl (C=O) groups is 4. The second kappa shape index (κ2) is 17.3. The van der Waals surface area contributed by atoms with Gasteiger partial charge in [-0.15, -0.1) is 0 Å². The summed E-state index contributed by atoms with van der Waals surface area (Å²) < 4.78 is 21.7. The summed E-state index contributed by atoms with van der Waals surface area (Å²) in [6, 6.07) is 12.3. The van der Waals surface area contributed by atoms with Gasteiger partial charge >= 0.3 is 12.2 Å². The van der Waals surface area contributed by atoms with Crippen LogP contribution in [0.1, 0.15) is 89.6 Å². The Morgan fingerprint density at radius 2 is 1.65 bits per heavy atom. The third kappa shape index (κ3) is 7.80. The molecule has 0 radical (unpaired) electrons. The van der Waals surface area contributed by atoms with E-state index < -0.39 is 30.4 Å². The number of fused-ring (bicyclic) bond motifs is 6. The van der Waals surface area contributed by atoms with Crippen LogP contribution in [0.5, 0.6) is 5.75 Å². The number of likely N-dealkylation sites (tertiary alicyclic amines) is 2. The normalized spacial score (nSPS) is 21.0. The molecule has 2 aromatic heterocycles. The van der Waals surface area contributed by atoms with E-state index in [2.05, 4.69) is 63.9 Å². The number of hydrogen-bond donors (Lipinski definition) is 4. The molecule has 2 fully saturated rings. The van der Waals surface area contributed by atoms with Crippen LogP contribution in [0.2, 0.25) is 0 Å². The van der Waals surface area contributed by atoms with E-state index in [9.17, 15) is 19.2 Å². The van der Waals surface area contributed by atoms with E-state index in [1.165, 1.54) is 21.3 Å². The van der Waals surface area contributed by atoms with Crippen LogP contribution in [-0.2, 0) is 30.4 Å². The molecule has 4 amide bonds. The monoisotopic (exact) mass is 848 g/mol. The Bertz CT molecular complexity index is 2510. The molecule has 62 heavy (non-hydrogen) atoms. The van der Waals surface area contributed by atoms with Crippen molar-refractivity contribution in [3.8, 4) is 28.1 Å². The standard InChI is InChI=1S/C46H56N8O8/c1-9-36(59-6)40(52-46(58)61-8)44(56)54-25(5)10-15-34(54)42-48-32-14-12-26-18-31-29-13-11-27(17-28(29)22-62-37(31)19-30(26)39(32)50-42)33-20-47-41(49-33)35-16-24(4)21-53(35)43(55)38(23(2)3)51-45(57)60-7/h11-14,17-20,23-25,34-36,38,40H,9-10,15-16,21-22H2,1-8H3,(H,47,49)(H,48,50)(H,51,57)(H,52,58)/t24-,25-,34-,35-,36+,38-,40-/m0/s1. The number of carbonyl (C=O) groups excluding carboxylic acids is 4. The van der Waals surface area contributed by atoms with Crippen LogP contribution in [0.15, 0.2) is 48.7 Å². The zero-order valence-corrected chi connectivity index (χ0v) is 36.5. The quantitative estimate of drug-likeness (QED) is 0.106. The zero-order chi connectivity index (χ0) is 44.0. The molecule has 4 N–H and O–H groups in total. The summed E-state index contributed by atoms with van der Waals surface area (Å²) in [5.74, 6) is 1.89. The summed E-state index contributed by atoms with van der Waals surface area (Å²) in [6.45, 7) is 10.8. The average Bonchev–Trinajstić information content (AvgIpc) is 4.10. The Balaban J connectivity index is 1.05. The van der Waals surface area contributed by atoms with Crippen molar-refractivity contribution in [2.75, 3.05) is 27.9 Å². The Labute approximate surface area is 360 Å². The van der Waals surface area contributed by atoms with E-state index in [1.54, 1.807) is 0 Å². The van der Waals surface area contributed by atoms with E-state index in [1.807, 2.05) is 49.8 Å². The molecular formula is C46H56N8O8. The number of alkyl carbamates (subject to hydrolysis) is 2. The van der Waals surface area contributed by atoms with Gasteiger partial charge in [-0.3, -0.25) is 9.59 Å². The molecule has 3 aromatic carbocycles. The molecule has 0 unspecified atom stereocenters. The lowest BCUT2D eigenvalue weighted by Crippen LogP contribution is -2.55. The summed E-state index contributed by atoms with van der Waals surface area (Å²) in [5.41, 5.74) is 6.52. The van der Waals surface area contributed by atoms with E-state index in [-0.39, 0.29) is 41.8 Å². The van der Waals surface area contributed by atoms with Crippen LogP contribution in [0.3, 0.4) is 0 Å². The molecule has 0 spiro atoms. The van der Waals surface area contributed by atoms with Crippen molar-refractivity contribution < 1.29 is 38.1 Å². The van der Waals surface area contributed by atoms with Crippen molar-refractivity contribution in [2.45, 2.75) is 103 Å². The smallest absolute Gasteiger partial charge is 0.407 e. The topological polar surface area (TPSA) is 193 Å². The number of rotatable bonds is 11. The van der Waals surface area contributed by atoms with Crippen molar-refractivity contribution >= 4 is 45.8 Å². The van der Waals surface area contributed by atoms with Crippen LogP contribution in [-0.4, -0.2) is 106 Å². The molecule has 328 valence electrons. The van der Waals surface area contributed by atoms with E-state index in [0.717, 1.165) is 68.3 Å². The molecule has 16 heteroatoms. The zero-order valence-electron chi connectivity index (χ0n) is 36.5. The fourth-order valence-corrected chi connectivity index (χ4v) is 9.54. The van der Waals surface area contributed by atoms with Crippen molar-refractivity contribution in [1.29, 1.82) is 0 Å². The minimum absolute atomic E-state index is 0.0805. The van der Waals surface area contributed by atoms with Crippen molar-refractivity contribution in [3.05, 3.63) is 65.9 Å². The maximum Gasteiger partial charge on any atom is 0.407 e. The molecule has 2 saturated heterocycles. The van der Waals surface area contributed by atoms with Gasteiger partial charge in [0.15, 0.2) is 0 Å². The van der Waals surface area contributed by atoms with Crippen LogP contribution in [0.4, 0.5) is 9.59 Å². The summed E-state index contributed by atoms with van der Waals surface area (Å²) in [6.07, 6.45) is 2.71. The van der Waals surface area contributed by atoms with Gasteiger partial charge in [-0.2, -0.15) is 0 Å². The Hall–Kier alpha value is -6.16. The van der Waals surface area contributed by atoms with Crippen molar-refractivity contribution in [1.82, 2.24) is 40.4 Å². The molecule has 0 aliphatic carbocycles. The Kier molecular flexibility index (Phi) is 11.9. The van der Waals surface area contributed by atoms with Crippen LogP contribution < -0.4 is 15.4 Å².